The molecule has 0 spiro atoms. The lowest BCUT2D eigenvalue weighted by Gasteiger charge is -2.05. The average Bonchev–Trinajstić information content (AvgIpc) is 2.31. The van der Waals surface area contributed by atoms with E-state index in [2.05, 4.69) is 10.3 Å². The van der Waals surface area contributed by atoms with Gasteiger partial charge in [-0.25, -0.2) is 13.8 Å². The first-order valence-corrected chi connectivity index (χ1v) is 5.03. The van der Waals surface area contributed by atoms with Crippen molar-refractivity contribution in [1.82, 2.24) is 4.98 Å². The van der Waals surface area contributed by atoms with Gasteiger partial charge in [-0.3, -0.25) is 4.79 Å². The number of carbonyl (C=O) groups excluding carboxylic acids is 1. The number of halogens is 2. The number of aromatic nitrogens is 1. The Kier molecular flexibility index (Phi) is 3.18. The van der Waals surface area contributed by atoms with Crippen LogP contribution in [0.1, 0.15) is 10.4 Å². The Morgan fingerprint density at radius 1 is 1.17 bits per heavy atom. The molecule has 1 amide bonds. The van der Waals surface area contributed by atoms with E-state index < -0.39 is 17.5 Å². The first kappa shape index (κ1) is 12.0. The number of pyridine rings is 1. The summed E-state index contributed by atoms with van der Waals surface area (Å²) in [7, 11) is 0. The molecule has 6 heteroatoms. The van der Waals surface area contributed by atoms with Crippen molar-refractivity contribution in [2.45, 2.75) is 0 Å². The number of nitrogens with two attached hydrogens (primary N) is 1. The van der Waals surface area contributed by atoms with Crippen LogP contribution in [0.2, 0.25) is 0 Å². The van der Waals surface area contributed by atoms with Crippen molar-refractivity contribution >= 4 is 17.4 Å². The molecule has 2 aromatic rings. The van der Waals surface area contributed by atoms with Crippen molar-refractivity contribution in [3.8, 4) is 0 Å². The normalized spacial score (nSPS) is 10.1. The number of rotatable bonds is 2. The molecule has 0 unspecified atom stereocenters. The third-order valence-electron chi connectivity index (χ3n) is 2.15. The van der Waals surface area contributed by atoms with Gasteiger partial charge >= 0.3 is 0 Å². The number of hydrogen-bond donors (Lipinski definition) is 2. The second-order valence-electron chi connectivity index (χ2n) is 3.59. The molecule has 3 N–H and O–H groups in total. The molecule has 18 heavy (non-hydrogen) atoms. The third kappa shape index (κ3) is 2.79. The van der Waals surface area contributed by atoms with Gasteiger partial charge in [-0.2, -0.15) is 0 Å². The summed E-state index contributed by atoms with van der Waals surface area (Å²) in [4.78, 5) is 15.4. The lowest BCUT2D eigenvalue weighted by atomic mass is 10.2. The van der Waals surface area contributed by atoms with Crippen LogP contribution in [0.4, 0.5) is 20.3 Å². The number of nitrogens with one attached hydrogen (secondary N) is 1. The Hall–Kier alpha value is -2.50. The molecule has 2 rings (SSSR count). The van der Waals surface area contributed by atoms with Gasteiger partial charge in [-0.15, -0.1) is 0 Å². The third-order valence-corrected chi connectivity index (χ3v) is 2.15. The minimum Gasteiger partial charge on any atom is -0.399 e. The molecule has 4 nitrogen and oxygen atoms in total. The first-order valence-electron chi connectivity index (χ1n) is 5.03. The Bertz CT molecular complexity index is 564. The Morgan fingerprint density at radius 3 is 2.56 bits per heavy atom. The summed E-state index contributed by atoms with van der Waals surface area (Å²) in [5, 5.41) is 2.40. The molecule has 0 radical (unpaired) electrons. The first-order chi connectivity index (χ1) is 8.54. The molecule has 1 aromatic carbocycles. The summed E-state index contributed by atoms with van der Waals surface area (Å²) in [5.41, 5.74) is 5.64. The summed E-state index contributed by atoms with van der Waals surface area (Å²) < 4.78 is 25.7. The maximum atomic E-state index is 13.1. The van der Waals surface area contributed by atoms with E-state index in [4.69, 9.17) is 5.73 Å². The van der Waals surface area contributed by atoms with E-state index in [9.17, 15) is 13.6 Å². The molecule has 0 aliphatic carbocycles. The van der Waals surface area contributed by atoms with Crippen LogP contribution < -0.4 is 11.1 Å². The van der Waals surface area contributed by atoms with Crippen LogP contribution >= 0.6 is 0 Å². The molecule has 1 aromatic heterocycles. The maximum absolute atomic E-state index is 13.1. The zero-order valence-corrected chi connectivity index (χ0v) is 9.15. The predicted octanol–water partition coefficient (Wildman–Crippen LogP) is 2.19. The van der Waals surface area contributed by atoms with Gasteiger partial charge < -0.3 is 11.1 Å². The fourth-order valence-electron chi connectivity index (χ4n) is 1.38. The van der Waals surface area contributed by atoms with Crippen LogP contribution in [0.15, 0.2) is 36.5 Å². The monoisotopic (exact) mass is 249 g/mol. The minimum atomic E-state index is -0.604. The van der Waals surface area contributed by atoms with Gasteiger partial charge in [0.15, 0.2) is 0 Å². The molecule has 92 valence electrons. The highest BCUT2D eigenvalue weighted by atomic mass is 19.1. The van der Waals surface area contributed by atoms with Crippen LogP contribution in [0.25, 0.3) is 0 Å². The van der Waals surface area contributed by atoms with Crippen molar-refractivity contribution in [2.75, 3.05) is 11.1 Å². The maximum Gasteiger partial charge on any atom is 0.256 e. The topological polar surface area (TPSA) is 68.0 Å². The van der Waals surface area contributed by atoms with Gasteiger partial charge in [0.1, 0.15) is 17.5 Å². The molecular formula is C12H9F2N3O. The molecule has 0 saturated carbocycles. The van der Waals surface area contributed by atoms with Crippen LogP contribution in [-0.4, -0.2) is 10.9 Å². The second kappa shape index (κ2) is 4.79. The van der Waals surface area contributed by atoms with Crippen molar-refractivity contribution in [1.29, 1.82) is 0 Å². The molecule has 0 aliphatic heterocycles. The highest BCUT2D eigenvalue weighted by molar-refractivity contribution is 6.04. The Balaban J connectivity index is 2.19. The fraction of sp³-hybridized carbons (Fsp3) is 0. The summed E-state index contributed by atoms with van der Waals surface area (Å²) in [6.45, 7) is 0. The zero-order chi connectivity index (χ0) is 13.1. The SMILES string of the molecule is Nc1cc(F)cc(C(=O)Nc2ccc(F)cn2)c1. The second-order valence-corrected chi connectivity index (χ2v) is 3.59. The smallest absolute Gasteiger partial charge is 0.256 e. The summed E-state index contributed by atoms with van der Waals surface area (Å²) in [6.07, 6.45) is 0.968. The number of hydrogen-bond acceptors (Lipinski definition) is 3. The largest absolute Gasteiger partial charge is 0.399 e. The lowest BCUT2D eigenvalue weighted by Crippen LogP contribution is -2.13. The highest BCUT2D eigenvalue weighted by Gasteiger charge is 2.09. The van der Waals surface area contributed by atoms with Crippen LogP contribution in [-0.2, 0) is 0 Å². The van der Waals surface area contributed by atoms with E-state index in [0.717, 1.165) is 24.4 Å². The summed E-state index contributed by atoms with van der Waals surface area (Å²) in [6, 6.07) is 5.95. The van der Waals surface area contributed by atoms with E-state index in [-0.39, 0.29) is 17.1 Å². The van der Waals surface area contributed by atoms with Gasteiger partial charge in [0.05, 0.1) is 6.20 Å². The van der Waals surface area contributed by atoms with Gasteiger partial charge in [0.25, 0.3) is 5.91 Å². The zero-order valence-electron chi connectivity index (χ0n) is 9.15. The molecule has 0 aliphatic rings. The molecule has 0 fully saturated rings. The number of benzene rings is 1. The minimum absolute atomic E-state index is 0.0682. The lowest BCUT2D eigenvalue weighted by molar-refractivity contribution is 0.102. The number of amides is 1. The fourth-order valence-corrected chi connectivity index (χ4v) is 1.38. The highest BCUT2D eigenvalue weighted by Crippen LogP contribution is 2.12. The van der Waals surface area contributed by atoms with Gasteiger partial charge in [0, 0.05) is 11.3 Å². The Morgan fingerprint density at radius 2 is 1.94 bits per heavy atom. The number of carbonyl (C=O) groups is 1. The van der Waals surface area contributed by atoms with Crippen LogP contribution in [0.3, 0.4) is 0 Å². The predicted molar refractivity (Wildman–Crippen MR) is 63.0 cm³/mol. The molecular weight excluding hydrogens is 240 g/mol. The molecule has 0 saturated heterocycles. The van der Waals surface area contributed by atoms with Crippen molar-refractivity contribution in [2.24, 2.45) is 0 Å². The quantitative estimate of drug-likeness (QED) is 0.801. The number of nitrogen functional groups attached to an aromatic ring is 1. The van der Waals surface area contributed by atoms with E-state index >= 15 is 0 Å². The molecule has 0 bridgehead atoms. The van der Waals surface area contributed by atoms with Gasteiger partial charge in [-0.1, -0.05) is 0 Å². The van der Waals surface area contributed by atoms with Gasteiger partial charge in [0.2, 0.25) is 0 Å². The summed E-state index contributed by atoms with van der Waals surface area (Å²) >= 11 is 0. The Labute approximate surface area is 101 Å². The van der Waals surface area contributed by atoms with Crippen molar-refractivity contribution in [3.05, 3.63) is 53.7 Å². The van der Waals surface area contributed by atoms with Crippen molar-refractivity contribution < 1.29 is 13.6 Å². The standard InChI is InChI=1S/C12H9F2N3O/c13-8-1-2-11(16-6-8)17-12(18)7-3-9(14)5-10(15)4-7/h1-6H,15H2,(H,16,17,18). The number of anilines is 2. The molecule has 1 heterocycles. The van der Waals surface area contributed by atoms with E-state index in [1.807, 2.05) is 0 Å². The van der Waals surface area contributed by atoms with Crippen molar-refractivity contribution in [3.63, 3.8) is 0 Å². The van der Waals surface area contributed by atoms with E-state index in [1.165, 1.54) is 12.1 Å². The number of nitrogens with zero attached hydrogens (tertiary/aromatic N) is 1. The average molecular weight is 249 g/mol. The van der Waals surface area contributed by atoms with Gasteiger partial charge in [-0.05, 0) is 30.3 Å². The van der Waals surface area contributed by atoms with E-state index in [0.29, 0.717) is 0 Å². The van der Waals surface area contributed by atoms with Crippen LogP contribution in [0.5, 0.6) is 0 Å². The van der Waals surface area contributed by atoms with E-state index in [1.54, 1.807) is 0 Å². The summed E-state index contributed by atoms with van der Waals surface area (Å²) in [5.74, 6) is -1.51. The van der Waals surface area contributed by atoms with Crippen LogP contribution in [0, 0.1) is 11.6 Å². The molecule has 0 atom stereocenters.